The number of ether oxygens (including phenoxy) is 1. The highest BCUT2D eigenvalue weighted by Crippen LogP contribution is 2.09. The first-order chi connectivity index (χ1) is 6.84. The lowest BCUT2D eigenvalue weighted by atomic mass is 10.5. The molecule has 6 heteroatoms. The molecule has 2 aromatic heterocycles. The molecule has 2 heterocycles. The monoisotopic (exact) mass is 211 g/mol. The topological polar surface area (TPSA) is 61.0 Å². The first-order valence-electron chi connectivity index (χ1n) is 3.85. The number of furan rings is 1. The summed E-state index contributed by atoms with van der Waals surface area (Å²) in [6.45, 7) is 0.294. The number of aromatic nitrogens is 3. The molecule has 72 valence electrons. The van der Waals surface area contributed by atoms with E-state index in [1.807, 2.05) is 0 Å². The minimum absolute atomic E-state index is 0.0574. The molecule has 0 aliphatic carbocycles. The van der Waals surface area contributed by atoms with E-state index in [1.54, 1.807) is 18.4 Å². The second-order valence-corrected chi connectivity index (χ2v) is 2.77. The Hall–Kier alpha value is -1.62. The highest BCUT2D eigenvalue weighted by atomic mass is 35.5. The molecule has 0 radical (unpaired) electrons. The molecule has 0 aliphatic heterocycles. The van der Waals surface area contributed by atoms with Crippen molar-refractivity contribution in [1.82, 2.24) is 15.2 Å². The van der Waals surface area contributed by atoms with Crippen molar-refractivity contribution in [3.63, 3.8) is 0 Å². The van der Waals surface area contributed by atoms with Crippen LogP contribution in [0.25, 0.3) is 0 Å². The third kappa shape index (κ3) is 2.20. The third-order valence-electron chi connectivity index (χ3n) is 1.45. The molecule has 0 saturated carbocycles. The molecule has 0 aliphatic rings. The predicted octanol–water partition coefficient (Wildman–Crippen LogP) is 1.70. The smallest absolute Gasteiger partial charge is 0.246 e. The van der Waals surface area contributed by atoms with Crippen molar-refractivity contribution in [2.45, 2.75) is 6.61 Å². The molecule has 0 amide bonds. The Balaban J connectivity index is 1.98. The van der Waals surface area contributed by atoms with Gasteiger partial charge in [0.05, 0.1) is 6.26 Å². The van der Waals surface area contributed by atoms with Gasteiger partial charge in [-0.25, -0.2) is 0 Å². The fourth-order valence-corrected chi connectivity index (χ4v) is 1.00. The summed E-state index contributed by atoms with van der Waals surface area (Å²) in [5.74, 6) is 1.03. The zero-order valence-corrected chi connectivity index (χ0v) is 7.81. The molecule has 14 heavy (non-hydrogen) atoms. The lowest BCUT2D eigenvalue weighted by molar-refractivity contribution is 0.258. The van der Waals surface area contributed by atoms with Gasteiger partial charge in [0.2, 0.25) is 11.2 Å². The lowest BCUT2D eigenvalue weighted by Gasteiger charge is -2.00. The lowest BCUT2D eigenvalue weighted by Crippen LogP contribution is -1.97. The molecular weight excluding hydrogens is 206 g/mol. The van der Waals surface area contributed by atoms with E-state index in [0.717, 1.165) is 0 Å². The molecule has 5 nitrogen and oxygen atoms in total. The molecule has 0 N–H and O–H groups in total. The molecule has 0 aromatic carbocycles. The van der Waals surface area contributed by atoms with Gasteiger partial charge in [0, 0.05) is 0 Å². The van der Waals surface area contributed by atoms with Gasteiger partial charge in [-0.2, -0.15) is 10.1 Å². The fraction of sp³-hybridized carbons (Fsp3) is 0.125. The fourth-order valence-electron chi connectivity index (χ4n) is 0.877. The van der Waals surface area contributed by atoms with E-state index in [2.05, 4.69) is 15.2 Å². The number of hydrogen-bond donors (Lipinski definition) is 0. The van der Waals surface area contributed by atoms with Gasteiger partial charge in [-0.3, -0.25) is 0 Å². The van der Waals surface area contributed by atoms with Gasteiger partial charge in [0.25, 0.3) is 0 Å². The van der Waals surface area contributed by atoms with Crippen LogP contribution in [0.2, 0.25) is 5.28 Å². The Labute approximate surface area is 84.7 Å². The van der Waals surface area contributed by atoms with Crippen LogP contribution in [0.15, 0.2) is 29.0 Å². The van der Waals surface area contributed by atoms with Crippen molar-refractivity contribution in [1.29, 1.82) is 0 Å². The van der Waals surface area contributed by atoms with Crippen LogP contribution < -0.4 is 4.74 Å². The van der Waals surface area contributed by atoms with E-state index in [-0.39, 0.29) is 5.28 Å². The van der Waals surface area contributed by atoms with E-state index < -0.39 is 0 Å². The van der Waals surface area contributed by atoms with Crippen LogP contribution in [0.3, 0.4) is 0 Å². The highest BCUT2D eigenvalue weighted by molar-refractivity contribution is 6.28. The Bertz CT molecular complexity index is 405. The third-order valence-corrected chi connectivity index (χ3v) is 1.61. The molecule has 0 bridgehead atoms. The van der Waals surface area contributed by atoms with Gasteiger partial charge < -0.3 is 9.15 Å². The second-order valence-electron chi connectivity index (χ2n) is 2.43. The summed E-state index contributed by atoms with van der Waals surface area (Å²) in [4.78, 5) is 3.80. The second kappa shape index (κ2) is 4.06. The Kier molecular flexibility index (Phi) is 2.60. The van der Waals surface area contributed by atoms with Crippen molar-refractivity contribution < 1.29 is 9.15 Å². The predicted molar refractivity (Wildman–Crippen MR) is 47.9 cm³/mol. The molecular formula is C8H6ClN3O2. The van der Waals surface area contributed by atoms with Gasteiger partial charge in [0.15, 0.2) is 0 Å². The average molecular weight is 212 g/mol. The Morgan fingerprint density at radius 2 is 2.43 bits per heavy atom. The highest BCUT2D eigenvalue weighted by Gasteiger charge is 2.00. The number of rotatable bonds is 3. The van der Waals surface area contributed by atoms with E-state index in [1.165, 1.54) is 6.20 Å². The van der Waals surface area contributed by atoms with Crippen molar-refractivity contribution in [3.05, 3.63) is 35.6 Å². The zero-order valence-electron chi connectivity index (χ0n) is 7.05. The molecule has 0 unspecified atom stereocenters. The maximum absolute atomic E-state index is 5.52. The van der Waals surface area contributed by atoms with Crippen LogP contribution in [-0.4, -0.2) is 15.2 Å². The van der Waals surface area contributed by atoms with Crippen molar-refractivity contribution >= 4 is 11.6 Å². The first kappa shape index (κ1) is 8.96. The maximum Gasteiger partial charge on any atom is 0.246 e. The normalized spacial score (nSPS) is 10.1. The molecule has 2 rings (SSSR count). The van der Waals surface area contributed by atoms with Crippen LogP contribution in [0, 0.1) is 0 Å². The van der Waals surface area contributed by atoms with Gasteiger partial charge in [-0.15, -0.1) is 5.10 Å². The summed E-state index contributed by atoms with van der Waals surface area (Å²) in [6, 6.07) is 3.58. The van der Waals surface area contributed by atoms with Gasteiger partial charge >= 0.3 is 0 Å². The van der Waals surface area contributed by atoms with Crippen LogP contribution in [0.4, 0.5) is 0 Å². The van der Waals surface area contributed by atoms with Gasteiger partial charge in [-0.05, 0) is 23.7 Å². The molecule has 0 fully saturated rings. The quantitative estimate of drug-likeness (QED) is 0.773. The van der Waals surface area contributed by atoms with E-state index in [9.17, 15) is 0 Å². The van der Waals surface area contributed by atoms with Crippen LogP contribution in [0.1, 0.15) is 5.76 Å². The molecule has 0 atom stereocenters. The van der Waals surface area contributed by atoms with Gasteiger partial charge in [-0.1, -0.05) is 0 Å². The molecule has 0 saturated heterocycles. The standard InChI is InChI=1S/C8H6ClN3O2/c9-8-11-7(4-10-12-8)14-5-6-2-1-3-13-6/h1-4H,5H2. The van der Waals surface area contributed by atoms with Gasteiger partial charge in [0.1, 0.15) is 18.6 Å². The van der Waals surface area contributed by atoms with Crippen molar-refractivity contribution in [2.75, 3.05) is 0 Å². The summed E-state index contributed by atoms with van der Waals surface area (Å²) < 4.78 is 10.3. The van der Waals surface area contributed by atoms with Crippen LogP contribution >= 0.6 is 11.6 Å². The largest absolute Gasteiger partial charge is 0.468 e. The molecule has 2 aromatic rings. The van der Waals surface area contributed by atoms with Crippen molar-refractivity contribution in [2.24, 2.45) is 0 Å². The first-order valence-corrected chi connectivity index (χ1v) is 4.23. The van der Waals surface area contributed by atoms with Crippen molar-refractivity contribution in [3.8, 4) is 5.88 Å². The summed E-state index contributed by atoms with van der Waals surface area (Å²) >= 11 is 5.52. The summed E-state index contributed by atoms with van der Waals surface area (Å²) in [6.07, 6.45) is 2.96. The minimum Gasteiger partial charge on any atom is -0.468 e. The number of hydrogen-bond acceptors (Lipinski definition) is 5. The Morgan fingerprint density at radius 1 is 1.50 bits per heavy atom. The summed E-state index contributed by atoms with van der Waals surface area (Å²) in [5.41, 5.74) is 0. The summed E-state index contributed by atoms with van der Waals surface area (Å²) in [5, 5.41) is 7.13. The Morgan fingerprint density at radius 3 is 3.14 bits per heavy atom. The van der Waals surface area contributed by atoms with E-state index in [4.69, 9.17) is 20.8 Å². The number of nitrogens with zero attached hydrogens (tertiary/aromatic N) is 3. The van der Waals surface area contributed by atoms with E-state index in [0.29, 0.717) is 18.2 Å². The van der Waals surface area contributed by atoms with Crippen LogP contribution in [-0.2, 0) is 6.61 Å². The maximum atomic E-state index is 5.52. The number of halogens is 1. The summed E-state index contributed by atoms with van der Waals surface area (Å²) in [7, 11) is 0. The molecule has 0 spiro atoms. The zero-order chi connectivity index (χ0) is 9.80. The van der Waals surface area contributed by atoms with Crippen LogP contribution in [0.5, 0.6) is 5.88 Å². The average Bonchev–Trinajstić information content (AvgIpc) is 2.67. The minimum atomic E-state index is 0.0574. The SMILES string of the molecule is Clc1nncc(OCc2ccco2)n1. The van der Waals surface area contributed by atoms with E-state index >= 15 is 0 Å².